The maximum atomic E-state index is 15.1. The Hall–Kier alpha value is -3.16. The lowest BCUT2D eigenvalue weighted by molar-refractivity contribution is -0.125. The number of nitrogens with zero attached hydrogens (tertiary/aromatic N) is 1. The third-order valence-electron chi connectivity index (χ3n) is 5.43. The standard InChI is InChI=1S/C23H19F2NO4/c24-18-7-5-17(6-8-18)23(10-12-30-23)19-9-11-26(22(29)21(19)25)13-15-1-3-16(4-2-15)20(28)14-27/h1-9,11,27H,10,12-14H2. The van der Waals surface area contributed by atoms with Gasteiger partial charge in [-0.3, -0.25) is 9.59 Å². The van der Waals surface area contributed by atoms with Crippen molar-refractivity contribution >= 4 is 5.78 Å². The van der Waals surface area contributed by atoms with Gasteiger partial charge in [-0.1, -0.05) is 36.4 Å². The average Bonchev–Trinajstić information content (AvgIpc) is 2.73. The van der Waals surface area contributed by atoms with Crippen LogP contribution in [0.2, 0.25) is 0 Å². The van der Waals surface area contributed by atoms with Crippen LogP contribution in [0.3, 0.4) is 0 Å². The molecule has 1 fully saturated rings. The number of rotatable bonds is 6. The second kappa shape index (κ2) is 7.93. The van der Waals surface area contributed by atoms with Gasteiger partial charge in [0.25, 0.3) is 5.56 Å². The Morgan fingerprint density at radius 1 is 1.07 bits per heavy atom. The summed E-state index contributed by atoms with van der Waals surface area (Å²) in [5, 5.41) is 8.91. The number of ketones is 1. The molecule has 1 aliphatic rings. The molecule has 0 amide bonds. The van der Waals surface area contributed by atoms with E-state index in [9.17, 15) is 14.0 Å². The van der Waals surface area contributed by atoms with Crippen LogP contribution >= 0.6 is 0 Å². The molecular weight excluding hydrogens is 392 g/mol. The first-order valence-electron chi connectivity index (χ1n) is 9.47. The zero-order valence-corrected chi connectivity index (χ0v) is 16.0. The summed E-state index contributed by atoms with van der Waals surface area (Å²) in [6.45, 7) is -0.0454. The summed E-state index contributed by atoms with van der Waals surface area (Å²) in [7, 11) is 0. The molecule has 0 bridgehead atoms. The predicted molar refractivity (Wildman–Crippen MR) is 105 cm³/mol. The van der Waals surface area contributed by atoms with E-state index in [1.165, 1.54) is 41.1 Å². The molecule has 7 heteroatoms. The average molecular weight is 411 g/mol. The third-order valence-corrected chi connectivity index (χ3v) is 5.43. The van der Waals surface area contributed by atoms with Crippen molar-refractivity contribution in [2.24, 2.45) is 0 Å². The van der Waals surface area contributed by atoms with Gasteiger partial charge in [-0.25, -0.2) is 8.78 Å². The molecule has 1 atom stereocenters. The number of aromatic nitrogens is 1. The molecule has 0 saturated carbocycles. The van der Waals surface area contributed by atoms with Crippen LogP contribution < -0.4 is 5.56 Å². The van der Waals surface area contributed by atoms with Crippen molar-refractivity contribution in [3.63, 3.8) is 0 Å². The Balaban J connectivity index is 1.64. The lowest BCUT2D eigenvalue weighted by Gasteiger charge is -2.42. The van der Waals surface area contributed by atoms with Crippen molar-refractivity contribution in [1.82, 2.24) is 4.57 Å². The molecule has 1 aliphatic heterocycles. The fraction of sp³-hybridized carbons (Fsp3) is 0.217. The minimum atomic E-state index is -1.09. The number of carbonyl (C=O) groups is 1. The van der Waals surface area contributed by atoms with Crippen molar-refractivity contribution in [3.8, 4) is 0 Å². The van der Waals surface area contributed by atoms with E-state index in [0.29, 0.717) is 29.7 Å². The SMILES string of the molecule is O=C(CO)c1ccc(Cn2ccc(C3(c4ccc(F)cc4)CCO3)c(F)c2=O)cc1. The Morgan fingerprint density at radius 2 is 1.73 bits per heavy atom. The highest BCUT2D eigenvalue weighted by Gasteiger charge is 2.44. The van der Waals surface area contributed by atoms with Gasteiger partial charge in [0.15, 0.2) is 11.6 Å². The number of hydrogen-bond acceptors (Lipinski definition) is 4. The maximum absolute atomic E-state index is 15.1. The van der Waals surface area contributed by atoms with Crippen LogP contribution in [0.25, 0.3) is 0 Å². The molecule has 0 spiro atoms. The molecule has 5 nitrogen and oxygen atoms in total. The zero-order chi connectivity index (χ0) is 21.3. The molecule has 1 aromatic heterocycles. The minimum absolute atomic E-state index is 0.119. The molecule has 1 N–H and O–H groups in total. The van der Waals surface area contributed by atoms with Crippen LogP contribution in [-0.2, 0) is 16.9 Å². The normalized spacial score (nSPS) is 18.1. The van der Waals surface area contributed by atoms with E-state index in [4.69, 9.17) is 9.84 Å². The summed E-state index contributed by atoms with van der Waals surface area (Å²) in [6.07, 6.45) is 1.99. The molecule has 0 aliphatic carbocycles. The van der Waals surface area contributed by atoms with E-state index in [2.05, 4.69) is 0 Å². The highest BCUT2D eigenvalue weighted by atomic mass is 19.1. The summed E-state index contributed by atoms with van der Waals surface area (Å²) in [6, 6.07) is 13.6. The quantitative estimate of drug-likeness (QED) is 0.634. The van der Waals surface area contributed by atoms with E-state index in [1.807, 2.05) is 0 Å². The van der Waals surface area contributed by atoms with Gasteiger partial charge in [0.2, 0.25) is 0 Å². The molecular formula is C23H19F2NO4. The molecule has 3 aromatic rings. The third kappa shape index (κ3) is 3.46. The van der Waals surface area contributed by atoms with Crippen molar-refractivity contribution in [1.29, 1.82) is 0 Å². The lowest BCUT2D eigenvalue weighted by Crippen LogP contribution is -2.44. The van der Waals surface area contributed by atoms with Crippen LogP contribution in [0.4, 0.5) is 8.78 Å². The molecule has 1 unspecified atom stereocenters. The molecule has 154 valence electrons. The number of benzene rings is 2. The number of pyridine rings is 1. The van der Waals surface area contributed by atoms with Gasteiger partial charge in [0.05, 0.1) is 13.2 Å². The topological polar surface area (TPSA) is 68.5 Å². The van der Waals surface area contributed by atoms with Crippen LogP contribution in [0, 0.1) is 11.6 Å². The fourth-order valence-electron chi connectivity index (χ4n) is 3.69. The first kappa shape index (κ1) is 20.1. The Morgan fingerprint density at radius 3 is 2.30 bits per heavy atom. The number of carbonyl (C=O) groups excluding carboxylic acids is 1. The van der Waals surface area contributed by atoms with Crippen molar-refractivity contribution in [2.75, 3.05) is 13.2 Å². The first-order valence-corrected chi connectivity index (χ1v) is 9.47. The summed E-state index contributed by atoms with van der Waals surface area (Å²) in [5.41, 5.74) is -0.103. The smallest absolute Gasteiger partial charge is 0.287 e. The van der Waals surface area contributed by atoms with Gasteiger partial charge in [0, 0.05) is 23.7 Å². The second-order valence-corrected chi connectivity index (χ2v) is 7.19. The highest BCUT2D eigenvalue weighted by Crippen LogP contribution is 2.44. The van der Waals surface area contributed by atoms with Crippen LogP contribution in [0.15, 0.2) is 65.6 Å². The van der Waals surface area contributed by atoms with Gasteiger partial charge in [0.1, 0.15) is 18.0 Å². The van der Waals surface area contributed by atoms with Gasteiger partial charge < -0.3 is 14.4 Å². The minimum Gasteiger partial charge on any atom is -0.388 e. The first-order chi connectivity index (χ1) is 14.4. The Labute approximate surface area is 171 Å². The van der Waals surface area contributed by atoms with E-state index < -0.39 is 35.2 Å². The number of hydrogen-bond donors (Lipinski definition) is 1. The lowest BCUT2D eigenvalue weighted by atomic mass is 9.80. The number of aliphatic hydroxyl groups excluding tert-OH is 1. The van der Waals surface area contributed by atoms with Crippen molar-refractivity contribution < 1.29 is 23.4 Å². The Kier molecular flexibility index (Phi) is 5.32. The number of aliphatic hydroxyl groups is 1. The van der Waals surface area contributed by atoms with E-state index in [0.717, 1.165) is 0 Å². The highest BCUT2D eigenvalue weighted by molar-refractivity contribution is 5.96. The summed E-state index contributed by atoms with van der Waals surface area (Å²) >= 11 is 0. The summed E-state index contributed by atoms with van der Waals surface area (Å²) < 4.78 is 35.3. The second-order valence-electron chi connectivity index (χ2n) is 7.19. The zero-order valence-electron chi connectivity index (χ0n) is 16.0. The summed E-state index contributed by atoms with van der Waals surface area (Å²) in [4.78, 5) is 24.2. The van der Waals surface area contributed by atoms with E-state index >= 15 is 4.39 Å². The molecule has 4 rings (SSSR count). The number of Topliss-reactive ketones (excluding diaryl/α,β-unsaturated/α-hetero) is 1. The Bertz CT molecular complexity index is 1130. The van der Waals surface area contributed by atoms with E-state index in [-0.39, 0.29) is 12.1 Å². The maximum Gasteiger partial charge on any atom is 0.287 e. The number of ether oxygens (including phenoxy) is 1. The molecule has 2 aromatic carbocycles. The monoisotopic (exact) mass is 411 g/mol. The molecule has 2 heterocycles. The van der Waals surface area contributed by atoms with Gasteiger partial charge in [-0.15, -0.1) is 0 Å². The van der Waals surface area contributed by atoms with Gasteiger partial charge in [-0.2, -0.15) is 0 Å². The van der Waals surface area contributed by atoms with Crippen molar-refractivity contribution in [2.45, 2.75) is 18.6 Å². The van der Waals surface area contributed by atoms with Gasteiger partial charge >= 0.3 is 0 Å². The predicted octanol–water partition coefficient (Wildman–Crippen LogP) is 3.01. The van der Waals surface area contributed by atoms with E-state index in [1.54, 1.807) is 24.3 Å². The number of halogens is 2. The van der Waals surface area contributed by atoms with Gasteiger partial charge in [-0.05, 0) is 29.3 Å². The largest absolute Gasteiger partial charge is 0.388 e. The van der Waals surface area contributed by atoms with Crippen molar-refractivity contribution in [3.05, 3.63) is 105 Å². The van der Waals surface area contributed by atoms with Crippen LogP contribution in [0.5, 0.6) is 0 Å². The van der Waals surface area contributed by atoms with Crippen LogP contribution in [0.1, 0.15) is 33.5 Å². The molecule has 30 heavy (non-hydrogen) atoms. The fourth-order valence-corrected chi connectivity index (χ4v) is 3.69. The van der Waals surface area contributed by atoms with Crippen LogP contribution in [-0.4, -0.2) is 28.7 Å². The molecule has 0 radical (unpaired) electrons. The summed E-state index contributed by atoms with van der Waals surface area (Å²) in [5.74, 6) is -1.72. The molecule has 1 saturated heterocycles.